The number of fused-ring (bicyclic) bond motifs is 1. The molecule has 206 valence electrons. The van der Waals surface area contributed by atoms with Gasteiger partial charge in [0.1, 0.15) is 11.4 Å². The smallest absolute Gasteiger partial charge is 0.155 e. The van der Waals surface area contributed by atoms with Crippen LogP contribution in [0, 0.1) is 0 Å². The number of benzene rings is 3. The van der Waals surface area contributed by atoms with Crippen LogP contribution in [0.25, 0.3) is 17.0 Å². The van der Waals surface area contributed by atoms with Crippen molar-refractivity contribution >= 4 is 28.6 Å². The summed E-state index contributed by atoms with van der Waals surface area (Å²) in [6.07, 6.45) is 7.57. The fourth-order valence-corrected chi connectivity index (χ4v) is 5.80. The van der Waals surface area contributed by atoms with Crippen molar-refractivity contribution < 1.29 is 9.53 Å². The Hall–Kier alpha value is -4.55. The highest BCUT2D eigenvalue weighted by atomic mass is 16.5. The highest BCUT2D eigenvalue weighted by Crippen LogP contribution is 2.43. The normalized spacial score (nSPS) is 14.5. The number of ketones is 1. The SMILES string of the molecule is CCC(=O)C=Cc1nn(C(c2ccccc2)(c2ccccc2)c2ccccc2)c2ccnc(NC3CCOCC3)c12. The van der Waals surface area contributed by atoms with E-state index < -0.39 is 5.54 Å². The molecule has 0 spiro atoms. The molecule has 6 heteroatoms. The van der Waals surface area contributed by atoms with Crippen molar-refractivity contribution in [3.05, 3.63) is 132 Å². The minimum atomic E-state index is -0.791. The number of carbonyl (C=O) groups is 1. The molecule has 0 aliphatic carbocycles. The molecule has 41 heavy (non-hydrogen) atoms. The summed E-state index contributed by atoms with van der Waals surface area (Å²) in [5.41, 5.74) is 4.08. The molecule has 6 nitrogen and oxygen atoms in total. The molecule has 0 amide bonds. The van der Waals surface area contributed by atoms with Crippen molar-refractivity contribution in [2.45, 2.75) is 37.8 Å². The summed E-state index contributed by atoms with van der Waals surface area (Å²) >= 11 is 0. The van der Waals surface area contributed by atoms with Crippen LogP contribution in [-0.4, -0.2) is 39.8 Å². The fourth-order valence-electron chi connectivity index (χ4n) is 5.80. The summed E-state index contributed by atoms with van der Waals surface area (Å²) in [5.74, 6) is 0.823. The summed E-state index contributed by atoms with van der Waals surface area (Å²) in [4.78, 5) is 17.2. The van der Waals surface area contributed by atoms with Crippen LogP contribution in [0.4, 0.5) is 5.82 Å². The second kappa shape index (κ2) is 11.9. The van der Waals surface area contributed by atoms with E-state index in [9.17, 15) is 4.79 Å². The largest absolute Gasteiger partial charge is 0.381 e. The van der Waals surface area contributed by atoms with Crippen LogP contribution in [0.3, 0.4) is 0 Å². The van der Waals surface area contributed by atoms with Gasteiger partial charge in [-0.2, -0.15) is 5.10 Å². The first kappa shape index (κ1) is 26.7. The zero-order valence-electron chi connectivity index (χ0n) is 23.2. The van der Waals surface area contributed by atoms with E-state index in [2.05, 4.69) is 82.8 Å². The van der Waals surface area contributed by atoms with Crippen molar-refractivity contribution in [3.8, 4) is 0 Å². The number of carbonyl (C=O) groups excluding carboxylic acids is 1. The van der Waals surface area contributed by atoms with Gasteiger partial charge in [0.15, 0.2) is 5.78 Å². The highest BCUT2D eigenvalue weighted by molar-refractivity contribution is 6.00. The summed E-state index contributed by atoms with van der Waals surface area (Å²) in [5, 5.41) is 9.91. The lowest BCUT2D eigenvalue weighted by Crippen LogP contribution is -2.38. The van der Waals surface area contributed by atoms with Gasteiger partial charge >= 0.3 is 0 Å². The predicted octanol–water partition coefficient (Wildman–Crippen LogP) is 6.85. The van der Waals surface area contributed by atoms with Gasteiger partial charge in [-0.3, -0.25) is 4.79 Å². The number of hydrogen-bond acceptors (Lipinski definition) is 5. The number of rotatable bonds is 9. The second-order valence-corrected chi connectivity index (χ2v) is 10.3. The number of aromatic nitrogens is 3. The van der Waals surface area contributed by atoms with Crippen molar-refractivity contribution in [3.63, 3.8) is 0 Å². The van der Waals surface area contributed by atoms with E-state index in [0.29, 0.717) is 12.1 Å². The minimum absolute atomic E-state index is 0.0518. The Morgan fingerprint density at radius 2 is 1.46 bits per heavy atom. The molecule has 1 aliphatic heterocycles. The van der Waals surface area contributed by atoms with Gasteiger partial charge < -0.3 is 10.1 Å². The molecule has 2 aromatic heterocycles. The Balaban J connectivity index is 1.68. The number of anilines is 1. The molecule has 0 radical (unpaired) electrons. The average Bonchev–Trinajstić information content (AvgIpc) is 3.42. The highest BCUT2D eigenvalue weighted by Gasteiger charge is 2.41. The van der Waals surface area contributed by atoms with Crippen molar-refractivity contribution in [1.82, 2.24) is 14.8 Å². The van der Waals surface area contributed by atoms with Crippen LogP contribution in [0.15, 0.2) is 109 Å². The van der Waals surface area contributed by atoms with Gasteiger partial charge in [-0.1, -0.05) is 97.9 Å². The van der Waals surface area contributed by atoms with Crippen molar-refractivity contribution in [2.24, 2.45) is 0 Å². The molecule has 1 N–H and O–H groups in total. The van der Waals surface area contributed by atoms with Crippen LogP contribution in [0.2, 0.25) is 0 Å². The maximum Gasteiger partial charge on any atom is 0.155 e. The van der Waals surface area contributed by atoms with Gasteiger partial charge in [-0.15, -0.1) is 0 Å². The Morgan fingerprint density at radius 1 is 0.902 bits per heavy atom. The lowest BCUT2D eigenvalue weighted by atomic mass is 9.77. The van der Waals surface area contributed by atoms with E-state index in [1.165, 1.54) is 0 Å². The van der Waals surface area contributed by atoms with E-state index in [1.54, 1.807) is 6.08 Å². The Labute approximate surface area is 240 Å². The van der Waals surface area contributed by atoms with Gasteiger partial charge in [0.25, 0.3) is 0 Å². The number of pyridine rings is 1. The maximum absolute atomic E-state index is 12.4. The van der Waals surface area contributed by atoms with Gasteiger partial charge in [-0.25, -0.2) is 9.67 Å². The molecule has 0 saturated carbocycles. The first-order valence-electron chi connectivity index (χ1n) is 14.3. The van der Waals surface area contributed by atoms with E-state index >= 15 is 0 Å². The maximum atomic E-state index is 12.4. The van der Waals surface area contributed by atoms with Gasteiger partial charge in [0, 0.05) is 31.9 Å². The molecule has 3 aromatic carbocycles. The van der Waals surface area contributed by atoms with Crippen molar-refractivity contribution in [2.75, 3.05) is 18.5 Å². The summed E-state index contributed by atoms with van der Waals surface area (Å²) < 4.78 is 7.72. The van der Waals surface area contributed by atoms with E-state index in [-0.39, 0.29) is 11.8 Å². The van der Waals surface area contributed by atoms with Crippen LogP contribution >= 0.6 is 0 Å². The molecule has 3 heterocycles. The quantitative estimate of drug-likeness (QED) is 0.163. The molecule has 0 unspecified atom stereocenters. The molecule has 1 saturated heterocycles. The van der Waals surface area contributed by atoms with Crippen LogP contribution in [0.5, 0.6) is 0 Å². The summed E-state index contributed by atoms with van der Waals surface area (Å²) in [6, 6.07) is 33.8. The number of hydrogen-bond donors (Lipinski definition) is 1. The number of nitrogens with zero attached hydrogens (tertiary/aromatic N) is 3. The molecular weight excluding hydrogens is 508 g/mol. The lowest BCUT2D eigenvalue weighted by molar-refractivity contribution is -0.114. The third-order valence-electron chi connectivity index (χ3n) is 7.85. The van der Waals surface area contributed by atoms with Crippen LogP contribution < -0.4 is 5.32 Å². The molecule has 1 aliphatic rings. The number of ether oxygens (including phenoxy) is 1. The molecule has 1 fully saturated rings. The topological polar surface area (TPSA) is 69.0 Å². The second-order valence-electron chi connectivity index (χ2n) is 10.3. The average molecular weight is 543 g/mol. The standard InChI is InChI=1S/C35H34N4O2/c1-2-30(40)18-19-31-33-32(20-23-36-34(33)37-29-21-24-41-25-22-29)39(38-31)35(26-12-6-3-7-13-26,27-14-8-4-9-15-27)28-16-10-5-11-17-28/h3-20,23,29H,2,21-22,24-25H2,1H3,(H,36,37). The van der Waals surface area contributed by atoms with Gasteiger partial charge in [0.05, 0.1) is 16.6 Å². The van der Waals surface area contributed by atoms with E-state index in [4.69, 9.17) is 14.8 Å². The zero-order valence-corrected chi connectivity index (χ0v) is 23.2. The minimum Gasteiger partial charge on any atom is -0.381 e. The first-order valence-corrected chi connectivity index (χ1v) is 14.3. The number of nitrogens with one attached hydrogen (secondary N) is 1. The fraction of sp³-hybridized carbons (Fsp3) is 0.229. The third-order valence-corrected chi connectivity index (χ3v) is 7.85. The monoisotopic (exact) mass is 542 g/mol. The molecule has 6 rings (SSSR count). The Morgan fingerprint density at radius 3 is 2.00 bits per heavy atom. The lowest BCUT2D eigenvalue weighted by Gasteiger charge is -2.37. The molecular formula is C35H34N4O2. The van der Waals surface area contributed by atoms with E-state index in [0.717, 1.165) is 59.5 Å². The van der Waals surface area contributed by atoms with Gasteiger partial charge in [0.2, 0.25) is 0 Å². The molecule has 0 atom stereocenters. The number of allylic oxidation sites excluding steroid dienone is 1. The zero-order chi connectivity index (χ0) is 28.1. The van der Waals surface area contributed by atoms with Gasteiger partial charge in [-0.05, 0) is 47.8 Å². The predicted molar refractivity (Wildman–Crippen MR) is 164 cm³/mol. The molecule has 0 bridgehead atoms. The summed E-state index contributed by atoms with van der Waals surface area (Å²) in [6.45, 7) is 3.32. The van der Waals surface area contributed by atoms with E-state index in [1.807, 2.05) is 43.5 Å². The third kappa shape index (κ3) is 5.07. The Kier molecular flexibility index (Phi) is 7.74. The molecule has 5 aromatic rings. The van der Waals surface area contributed by atoms with Crippen molar-refractivity contribution in [1.29, 1.82) is 0 Å². The first-order chi connectivity index (χ1) is 20.2. The Bertz CT molecular complexity index is 1540. The summed E-state index contributed by atoms with van der Waals surface area (Å²) in [7, 11) is 0. The van der Waals surface area contributed by atoms with Crippen LogP contribution in [-0.2, 0) is 15.1 Å². The van der Waals surface area contributed by atoms with Crippen LogP contribution in [0.1, 0.15) is 48.6 Å².